The van der Waals surface area contributed by atoms with Crippen molar-refractivity contribution < 1.29 is 34.4 Å². The molecule has 4 N–H and O–H groups in total. The Bertz CT molecular complexity index is 1080. The van der Waals surface area contributed by atoms with Gasteiger partial charge in [0, 0.05) is 17.3 Å². The molecular weight excluding hydrogens is 402 g/mol. The number of carbonyl (C=O) groups excluding carboxylic acids is 3. The van der Waals surface area contributed by atoms with Crippen LogP contribution in [0.4, 0.5) is 0 Å². The number of carbonyl (C=O) groups is 3. The van der Waals surface area contributed by atoms with Crippen LogP contribution in [0.1, 0.15) is 56.1 Å². The molecule has 0 saturated heterocycles. The van der Waals surface area contributed by atoms with Crippen molar-refractivity contribution in [2.75, 3.05) is 6.61 Å². The first-order chi connectivity index (χ1) is 14.4. The molecule has 3 rings (SSSR count). The molecule has 1 heterocycles. The summed E-state index contributed by atoms with van der Waals surface area (Å²) in [5.74, 6) is -2.58. The molecule has 166 valence electrons. The van der Waals surface area contributed by atoms with E-state index in [0.29, 0.717) is 5.70 Å². The highest BCUT2D eigenvalue weighted by atomic mass is 16.5. The van der Waals surface area contributed by atoms with Crippen molar-refractivity contribution in [3.8, 4) is 17.2 Å². The van der Waals surface area contributed by atoms with E-state index in [9.17, 15) is 29.7 Å². The third-order valence-electron chi connectivity index (χ3n) is 6.16. The Morgan fingerprint density at radius 2 is 1.81 bits per heavy atom. The molecule has 2 atom stereocenters. The third-order valence-corrected chi connectivity index (χ3v) is 6.16. The van der Waals surface area contributed by atoms with Crippen molar-refractivity contribution in [2.24, 2.45) is 5.92 Å². The summed E-state index contributed by atoms with van der Waals surface area (Å²) < 4.78 is 5.73. The molecule has 0 saturated carbocycles. The number of phenols is 2. The molecule has 1 aromatic carbocycles. The maximum atomic E-state index is 13.7. The molecule has 31 heavy (non-hydrogen) atoms. The number of phenolic OH excluding ortho intramolecular Hbond substituents is 2. The molecule has 0 spiro atoms. The maximum absolute atomic E-state index is 13.7. The molecule has 2 unspecified atom stereocenters. The van der Waals surface area contributed by atoms with E-state index in [-0.39, 0.29) is 58.1 Å². The number of Topliss-reactive ketones (excluding diaryl/α,β-unsaturated/α-hetero) is 2. The number of fused-ring (bicyclic) bond motifs is 3. The van der Waals surface area contributed by atoms with Gasteiger partial charge in [0.25, 0.3) is 0 Å². The highest BCUT2D eigenvalue weighted by Crippen LogP contribution is 2.57. The number of benzene rings is 1. The minimum absolute atomic E-state index is 0.0144. The van der Waals surface area contributed by atoms with Gasteiger partial charge in [0.1, 0.15) is 34.0 Å². The molecule has 1 aliphatic carbocycles. The number of hydrogen-bond acceptors (Lipinski definition) is 8. The second kappa shape index (κ2) is 7.53. The SMILES string of the molecule is CC(=O)c1c(O)c(C)c(O)c2c1OC1=CC(=O)C(=C(C)NC(CO)C(C)C)C(=O)C12C. The van der Waals surface area contributed by atoms with Crippen LogP contribution in [-0.4, -0.2) is 45.3 Å². The van der Waals surface area contributed by atoms with Gasteiger partial charge >= 0.3 is 0 Å². The average molecular weight is 429 g/mol. The van der Waals surface area contributed by atoms with Crippen LogP contribution >= 0.6 is 0 Å². The van der Waals surface area contributed by atoms with E-state index in [1.54, 1.807) is 6.92 Å². The molecule has 0 aromatic heterocycles. The maximum Gasteiger partial charge on any atom is 0.194 e. The van der Waals surface area contributed by atoms with Gasteiger partial charge < -0.3 is 25.4 Å². The fraction of sp³-hybridized carbons (Fsp3) is 0.435. The van der Waals surface area contributed by atoms with Gasteiger partial charge in [-0.15, -0.1) is 0 Å². The van der Waals surface area contributed by atoms with Crippen LogP contribution in [0.5, 0.6) is 17.2 Å². The monoisotopic (exact) mass is 429 g/mol. The summed E-state index contributed by atoms with van der Waals surface area (Å²) in [7, 11) is 0. The van der Waals surface area contributed by atoms with Gasteiger partial charge in [-0.1, -0.05) is 13.8 Å². The minimum atomic E-state index is -1.55. The van der Waals surface area contributed by atoms with Crippen LogP contribution in [0.2, 0.25) is 0 Å². The molecular formula is C23H27NO7. The van der Waals surface area contributed by atoms with Gasteiger partial charge in [-0.2, -0.15) is 0 Å². The van der Waals surface area contributed by atoms with Crippen molar-refractivity contribution in [3.05, 3.63) is 39.8 Å². The first-order valence-corrected chi connectivity index (χ1v) is 10.0. The summed E-state index contributed by atoms with van der Waals surface area (Å²) in [4.78, 5) is 38.7. The Balaban J connectivity index is 2.26. The summed E-state index contributed by atoms with van der Waals surface area (Å²) in [5, 5.41) is 33.8. The number of aliphatic hydroxyl groups excluding tert-OH is 1. The molecule has 0 radical (unpaired) electrons. The molecule has 0 fully saturated rings. The zero-order chi connectivity index (χ0) is 23.4. The van der Waals surface area contributed by atoms with Crippen molar-refractivity contribution in [1.82, 2.24) is 5.32 Å². The lowest BCUT2D eigenvalue weighted by molar-refractivity contribution is -0.123. The number of ketones is 3. The van der Waals surface area contributed by atoms with Crippen LogP contribution < -0.4 is 10.1 Å². The molecule has 8 heteroatoms. The topological polar surface area (TPSA) is 133 Å². The largest absolute Gasteiger partial charge is 0.507 e. The third kappa shape index (κ3) is 3.13. The predicted octanol–water partition coefficient (Wildman–Crippen LogP) is 2.18. The van der Waals surface area contributed by atoms with Gasteiger partial charge in [-0.25, -0.2) is 0 Å². The normalized spacial score (nSPS) is 22.5. The van der Waals surface area contributed by atoms with Crippen molar-refractivity contribution >= 4 is 17.3 Å². The van der Waals surface area contributed by atoms with Gasteiger partial charge in [-0.05, 0) is 33.6 Å². The Hall–Kier alpha value is -3.13. The van der Waals surface area contributed by atoms with Crippen molar-refractivity contribution in [3.63, 3.8) is 0 Å². The van der Waals surface area contributed by atoms with Crippen LogP contribution in [0.25, 0.3) is 0 Å². The van der Waals surface area contributed by atoms with E-state index < -0.39 is 28.5 Å². The minimum Gasteiger partial charge on any atom is -0.507 e. The number of hydrogen-bond donors (Lipinski definition) is 4. The van der Waals surface area contributed by atoms with Crippen molar-refractivity contribution in [1.29, 1.82) is 0 Å². The van der Waals surface area contributed by atoms with E-state index in [2.05, 4.69) is 5.32 Å². The molecule has 0 bridgehead atoms. The number of aliphatic hydroxyl groups is 1. The van der Waals surface area contributed by atoms with Gasteiger partial charge in [0.05, 0.1) is 23.8 Å². The number of nitrogens with one attached hydrogen (secondary N) is 1. The molecule has 1 aromatic rings. The lowest BCUT2D eigenvalue weighted by Crippen LogP contribution is -2.43. The Morgan fingerprint density at radius 3 is 2.32 bits per heavy atom. The van der Waals surface area contributed by atoms with Crippen LogP contribution in [-0.2, 0) is 15.0 Å². The molecule has 0 amide bonds. The van der Waals surface area contributed by atoms with Crippen molar-refractivity contribution in [2.45, 2.75) is 53.0 Å². The van der Waals surface area contributed by atoms with Crippen LogP contribution in [0, 0.1) is 12.8 Å². The summed E-state index contributed by atoms with van der Waals surface area (Å²) in [6.07, 6.45) is 1.17. The quantitative estimate of drug-likeness (QED) is 0.318. The second-order valence-electron chi connectivity index (χ2n) is 8.56. The zero-order valence-corrected chi connectivity index (χ0v) is 18.4. The lowest BCUT2D eigenvalue weighted by atomic mass is 9.70. The lowest BCUT2D eigenvalue weighted by Gasteiger charge is -2.30. The summed E-state index contributed by atoms with van der Waals surface area (Å²) in [6.45, 7) is 9.37. The fourth-order valence-electron chi connectivity index (χ4n) is 4.14. The summed E-state index contributed by atoms with van der Waals surface area (Å²) in [6, 6.07) is -0.365. The van der Waals surface area contributed by atoms with E-state index in [0.717, 1.165) is 0 Å². The summed E-state index contributed by atoms with van der Waals surface area (Å²) >= 11 is 0. The predicted molar refractivity (Wildman–Crippen MR) is 112 cm³/mol. The van der Waals surface area contributed by atoms with Gasteiger partial charge in [0.15, 0.2) is 17.3 Å². The number of ether oxygens (including phenoxy) is 1. The first-order valence-electron chi connectivity index (χ1n) is 10.0. The Labute approximate surface area is 180 Å². The van der Waals surface area contributed by atoms with E-state index in [1.807, 2.05) is 13.8 Å². The highest BCUT2D eigenvalue weighted by Gasteiger charge is 2.56. The highest BCUT2D eigenvalue weighted by molar-refractivity contribution is 6.31. The van der Waals surface area contributed by atoms with Gasteiger partial charge in [-0.3, -0.25) is 14.4 Å². The average Bonchev–Trinajstić information content (AvgIpc) is 2.97. The van der Waals surface area contributed by atoms with E-state index >= 15 is 0 Å². The number of aromatic hydroxyl groups is 2. The standard InChI is InChI=1S/C23H27NO7/c1-9(2)13(8-25)24-11(4)16-14(27)7-15-23(6,22(16)30)18-20(29)10(3)19(28)17(12(5)26)21(18)31-15/h7,9,13,24-25,28-29H,8H2,1-6H3. The van der Waals surface area contributed by atoms with E-state index in [1.165, 1.54) is 26.8 Å². The summed E-state index contributed by atoms with van der Waals surface area (Å²) in [5.41, 5.74) is -1.43. The van der Waals surface area contributed by atoms with Crippen LogP contribution in [0.15, 0.2) is 23.1 Å². The zero-order valence-electron chi connectivity index (χ0n) is 18.4. The molecule has 8 nitrogen and oxygen atoms in total. The smallest absolute Gasteiger partial charge is 0.194 e. The fourth-order valence-corrected chi connectivity index (χ4v) is 4.14. The van der Waals surface area contributed by atoms with Crippen LogP contribution in [0.3, 0.4) is 0 Å². The van der Waals surface area contributed by atoms with E-state index in [4.69, 9.17) is 4.74 Å². The number of allylic oxidation sites excluding steroid dienone is 4. The Morgan fingerprint density at radius 1 is 1.19 bits per heavy atom. The number of rotatable bonds is 5. The second-order valence-corrected chi connectivity index (χ2v) is 8.56. The molecule has 1 aliphatic heterocycles. The first kappa shape index (κ1) is 22.6. The molecule has 2 aliphatic rings. The van der Waals surface area contributed by atoms with Gasteiger partial charge in [0.2, 0.25) is 0 Å². The Kier molecular flexibility index (Phi) is 5.48.